The summed E-state index contributed by atoms with van der Waals surface area (Å²) >= 11 is 1.62. The van der Waals surface area contributed by atoms with E-state index in [1.807, 2.05) is 5.38 Å². The second-order valence-corrected chi connectivity index (χ2v) is 5.74. The minimum absolute atomic E-state index is 0.199. The van der Waals surface area contributed by atoms with Crippen LogP contribution in [0.4, 0.5) is 18.9 Å². The molecule has 0 aliphatic carbocycles. The SMILES string of the molecule is FC(F)(F)c1cccc(N2CCCC2c2ccsc2)c1. The fourth-order valence-corrected chi connectivity index (χ4v) is 3.45. The molecule has 20 heavy (non-hydrogen) atoms. The van der Waals surface area contributed by atoms with Crippen LogP contribution in [0.2, 0.25) is 0 Å². The first kappa shape index (κ1) is 13.5. The predicted molar refractivity (Wildman–Crippen MR) is 75.1 cm³/mol. The zero-order chi connectivity index (χ0) is 14.2. The second kappa shape index (κ2) is 5.13. The fraction of sp³-hybridized carbons (Fsp3) is 0.333. The third kappa shape index (κ3) is 2.54. The number of hydrogen-bond donors (Lipinski definition) is 0. The van der Waals surface area contributed by atoms with Gasteiger partial charge in [-0.1, -0.05) is 6.07 Å². The molecule has 2 aromatic rings. The Bertz CT molecular complexity index is 577. The van der Waals surface area contributed by atoms with Crippen LogP contribution in [0, 0.1) is 0 Å². The molecule has 1 atom stereocenters. The molecule has 0 radical (unpaired) electrons. The van der Waals surface area contributed by atoms with E-state index in [0.29, 0.717) is 5.69 Å². The van der Waals surface area contributed by atoms with E-state index < -0.39 is 11.7 Å². The van der Waals surface area contributed by atoms with Crippen LogP contribution in [-0.4, -0.2) is 6.54 Å². The molecule has 1 fully saturated rings. The lowest BCUT2D eigenvalue weighted by atomic mass is 10.1. The van der Waals surface area contributed by atoms with Crippen LogP contribution in [0.25, 0.3) is 0 Å². The van der Waals surface area contributed by atoms with E-state index in [1.54, 1.807) is 17.4 Å². The number of alkyl halides is 3. The molecule has 1 aromatic heterocycles. The van der Waals surface area contributed by atoms with E-state index in [9.17, 15) is 13.2 Å². The van der Waals surface area contributed by atoms with Crippen molar-refractivity contribution in [3.8, 4) is 0 Å². The van der Waals surface area contributed by atoms with Crippen molar-refractivity contribution in [2.75, 3.05) is 11.4 Å². The summed E-state index contributed by atoms with van der Waals surface area (Å²) in [6.07, 6.45) is -2.28. The average molecular weight is 297 g/mol. The average Bonchev–Trinajstić information content (AvgIpc) is 3.08. The van der Waals surface area contributed by atoms with Gasteiger partial charge >= 0.3 is 6.18 Å². The molecule has 0 saturated carbocycles. The maximum atomic E-state index is 12.8. The van der Waals surface area contributed by atoms with Crippen molar-refractivity contribution < 1.29 is 13.2 Å². The normalized spacial score (nSPS) is 19.6. The molecule has 1 aromatic carbocycles. The van der Waals surface area contributed by atoms with Gasteiger partial charge in [0.2, 0.25) is 0 Å². The maximum Gasteiger partial charge on any atom is 0.416 e. The molecular weight excluding hydrogens is 283 g/mol. The molecule has 2 heterocycles. The van der Waals surface area contributed by atoms with Crippen molar-refractivity contribution in [2.45, 2.75) is 25.1 Å². The van der Waals surface area contributed by atoms with Gasteiger partial charge in [0, 0.05) is 12.2 Å². The summed E-state index contributed by atoms with van der Waals surface area (Å²) in [4.78, 5) is 2.08. The summed E-state index contributed by atoms with van der Waals surface area (Å²) in [5.41, 5.74) is 1.28. The third-order valence-electron chi connectivity index (χ3n) is 3.69. The number of rotatable bonds is 2. The summed E-state index contributed by atoms with van der Waals surface area (Å²) in [7, 11) is 0. The van der Waals surface area contributed by atoms with Crippen molar-refractivity contribution in [3.63, 3.8) is 0 Å². The van der Waals surface area contributed by atoms with Crippen LogP contribution in [0.3, 0.4) is 0 Å². The highest BCUT2D eigenvalue weighted by Crippen LogP contribution is 2.39. The summed E-state index contributed by atoms with van der Waals surface area (Å²) in [5, 5.41) is 4.09. The standard InChI is InChI=1S/C15H14F3NS/c16-15(17,18)12-3-1-4-13(9-12)19-7-2-5-14(19)11-6-8-20-10-11/h1,3-4,6,8-10,14H,2,5,7H2. The lowest BCUT2D eigenvalue weighted by Gasteiger charge is -2.27. The summed E-state index contributed by atoms with van der Waals surface area (Å²) in [6, 6.07) is 7.89. The number of hydrogen-bond acceptors (Lipinski definition) is 2. The van der Waals surface area contributed by atoms with Gasteiger partial charge in [-0.2, -0.15) is 24.5 Å². The number of thiophene rings is 1. The first-order valence-electron chi connectivity index (χ1n) is 6.52. The lowest BCUT2D eigenvalue weighted by molar-refractivity contribution is -0.137. The van der Waals surface area contributed by atoms with Gasteiger partial charge in [0.25, 0.3) is 0 Å². The first-order valence-corrected chi connectivity index (χ1v) is 7.46. The van der Waals surface area contributed by atoms with Gasteiger partial charge in [-0.05, 0) is 53.4 Å². The smallest absolute Gasteiger partial charge is 0.364 e. The molecule has 1 nitrogen and oxygen atoms in total. The van der Waals surface area contributed by atoms with Gasteiger partial charge in [-0.15, -0.1) is 0 Å². The molecule has 1 aliphatic rings. The highest BCUT2D eigenvalue weighted by molar-refractivity contribution is 7.08. The van der Waals surface area contributed by atoms with Crippen LogP contribution in [-0.2, 0) is 6.18 Å². The van der Waals surface area contributed by atoms with Crippen molar-refractivity contribution in [3.05, 3.63) is 52.2 Å². The van der Waals surface area contributed by atoms with Gasteiger partial charge in [0.05, 0.1) is 11.6 Å². The molecule has 0 amide bonds. The molecule has 0 spiro atoms. The molecule has 3 rings (SSSR count). The summed E-state index contributed by atoms with van der Waals surface area (Å²) < 4.78 is 38.4. The van der Waals surface area contributed by atoms with Gasteiger partial charge in [-0.25, -0.2) is 0 Å². The number of anilines is 1. The van der Waals surface area contributed by atoms with E-state index in [1.165, 1.54) is 17.7 Å². The molecule has 0 bridgehead atoms. The highest BCUT2D eigenvalue weighted by atomic mass is 32.1. The Balaban J connectivity index is 1.92. The van der Waals surface area contributed by atoms with Crippen LogP contribution >= 0.6 is 11.3 Å². The van der Waals surface area contributed by atoms with Crippen LogP contribution in [0.15, 0.2) is 41.1 Å². The van der Waals surface area contributed by atoms with Crippen molar-refractivity contribution >= 4 is 17.0 Å². The van der Waals surface area contributed by atoms with Crippen LogP contribution in [0.1, 0.15) is 30.0 Å². The Kier molecular flexibility index (Phi) is 3.46. The molecular formula is C15H14F3NS. The van der Waals surface area contributed by atoms with Crippen LogP contribution in [0.5, 0.6) is 0 Å². The molecule has 106 valence electrons. The Morgan fingerprint density at radius 3 is 2.75 bits per heavy atom. The van der Waals surface area contributed by atoms with Crippen molar-refractivity contribution in [2.24, 2.45) is 0 Å². The van der Waals surface area contributed by atoms with Gasteiger partial charge in [0.15, 0.2) is 0 Å². The van der Waals surface area contributed by atoms with Crippen LogP contribution < -0.4 is 4.90 Å². The maximum absolute atomic E-state index is 12.8. The Morgan fingerprint density at radius 1 is 1.20 bits per heavy atom. The third-order valence-corrected chi connectivity index (χ3v) is 4.39. The Labute approximate surface area is 119 Å². The lowest BCUT2D eigenvalue weighted by Crippen LogP contribution is -2.22. The van der Waals surface area contributed by atoms with Crippen molar-refractivity contribution in [1.29, 1.82) is 0 Å². The first-order chi connectivity index (χ1) is 9.55. The summed E-state index contributed by atoms with van der Waals surface area (Å²) in [5.74, 6) is 0. The number of halogens is 3. The van der Waals surface area contributed by atoms with E-state index in [-0.39, 0.29) is 6.04 Å². The van der Waals surface area contributed by atoms with E-state index in [4.69, 9.17) is 0 Å². The quantitative estimate of drug-likeness (QED) is 0.744. The summed E-state index contributed by atoms with van der Waals surface area (Å²) in [6.45, 7) is 0.807. The van der Waals surface area contributed by atoms with Gasteiger partial charge in [0.1, 0.15) is 0 Å². The van der Waals surface area contributed by atoms with E-state index >= 15 is 0 Å². The molecule has 1 aliphatic heterocycles. The zero-order valence-electron chi connectivity index (χ0n) is 10.7. The predicted octanol–water partition coefficient (Wildman–Crippen LogP) is 5.11. The van der Waals surface area contributed by atoms with E-state index in [0.717, 1.165) is 25.5 Å². The number of nitrogens with zero attached hydrogens (tertiary/aromatic N) is 1. The van der Waals surface area contributed by atoms with Crippen molar-refractivity contribution in [1.82, 2.24) is 0 Å². The Morgan fingerprint density at radius 2 is 2.05 bits per heavy atom. The molecule has 5 heteroatoms. The van der Waals surface area contributed by atoms with Gasteiger partial charge < -0.3 is 4.90 Å². The van der Waals surface area contributed by atoms with Gasteiger partial charge in [-0.3, -0.25) is 0 Å². The molecule has 1 unspecified atom stereocenters. The molecule has 1 saturated heterocycles. The highest BCUT2D eigenvalue weighted by Gasteiger charge is 2.32. The minimum atomic E-state index is -4.28. The van der Waals surface area contributed by atoms with E-state index in [2.05, 4.69) is 16.3 Å². The fourth-order valence-electron chi connectivity index (χ4n) is 2.75. The Hall–Kier alpha value is -1.49. The largest absolute Gasteiger partial charge is 0.416 e. The second-order valence-electron chi connectivity index (χ2n) is 4.96. The minimum Gasteiger partial charge on any atom is -0.364 e. The number of benzene rings is 1. The monoisotopic (exact) mass is 297 g/mol. The topological polar surface area (TPSA) is 3.24 Å². The molecule has 0 N–H and O–H groups in total. The zero-order valence-corrected chi connectivity index (χ0v) is 11.5.